The molecule has 1 unspecified atom stereocenters. The number of aryl methyl sites for hydroxylation is 1. The van der Waals surface area contributed by atoms with E-state index >= 15 is 0 Å². The smallest absolute Gasteiger partial charge is 0.328 e. The molecule has 0 bridgehead atoms. The molecule has 1 atom stereocenters. The van der Waals surface area contributed by atoms with E-state index in [2.05, 4.69) is 9.97 Å². The molecular weight excluding hydrogens is 234 g/mol. The predicted octanol–water partition coefficient (Wildman–Crippen LogP) is 0.610. The minimum Gasteiger partial charge on any atom is -0.467 e. The maximum absolute atomic E-state index is 11.7. The van der Waals surface area contributed by atoms with Crippen molar-refractivity contribution in [3.05, 3.63) is 22.2 Å². The number of rotatable bonds is 2. The molecule has 0 saturated carbocycles. The summed E-state index contributed by atoms with van der Waals surface area (Å²) in [7, 11) is 1.38. The molecule has 0 spiro atoms. The molecule has 2 rings (SSSR count). The molecule has 6 nitrogen and oxygen atoms in total. The number of nitrogens with zero attached hydrogens (tertiary/aromatic N) is 2. The molecular formula is C12H17N3O3. The standard InChI is InChI=1S/C12H17N3O3/c1-8-13-10(7-11(16)14-8)15-6-4-3-5-9(15)12(17)18-2/h7,9H,3-6H2,1-2H3,(H,13,14,16). The van der Waals surface area contributed by atoms with E-state index in [0.29, 0.717) is 11.6 Å². The van der Waals surface area contributed by atoms with Gasteiger partial charge in [0.15, 0.2) is 0 Å². The molecule has 6 heteroatoms. The lowest BCUT2D eigenvalue weighted by atomic mass is 10.0. The van der Waals surface area contributed by atoms with Crippen molar-refractivity contribution < 1.29 is 9.53 Å². The van der Waals surface area contributed by atoms with E-state index in [1.165, 1.54) is 13.2 Å². The van der Waals surface area contributed by atoms with Crippen LogP contribution in [0.1, 0.15) is 25.1 Å². The van der Waals surface area contributed by atoms with Gasteiger partial charge in [0.05, 0.1) is 7.11 Å². The SMILES string of the molecule is COC(=O)C1CCCCN1c1cc(=O)[nH]c(C)n1. The Morgan fingerprint density at radius 1 is 1.56 bits per heavy atom. The van der Waals surface area contributed by atoms with Crippen LogP contribution in [0.5, 0.6) is 0 Å². The lowest BCUT2D eigenvalue weighted by Crippen LogP contribution is -2.46. The molecule has 98 valence electrons. The average molecular weight is 251 g/mol. The van der Waals surface area contributed by atoms with Crippen LogP contribution in [0.2, 0.25) is 0 Å². The fourth-order valence-electron chi connectivity index (χ4n) is 2.30. The molecule has 1 aliphatic rings. The predicted molar refractivity (Wildman–Crippen MR) is 66.6 cm³/mol. The summed E-state index contributed by atoms with van der Waals surface area (Å²) >= 11 is 0. The topological polar surface area (TPSA) is 75.3 Å². The number of hydrogen-bond acceptors (Lipinski definition) is 5. The van der Waals surface area contributed by atoms with Gasteiger partial charge < -0.3 is 14.6 Å². The average Bonchev–Trinajstić information content (AvgIpc) is 2.36. The number of aromatic nitrogens is 2. The largest absolute Gasteiger partial charge is 0.467 e. The minimum absolute atomic E-state index is 0.202. The summed E-state index contributed by atoms with van der Waals surface area (Å²) in [6.07, 6.45) is 2.71. The monoisotopic (exact) mass is 251 g/mol. The van der Waals surface area contributed by atoms with Crippen LogP contribution in [0.15, 0.2) is 10.9 Å². The van der Waals surface area contributed by atoms with Gasteiger partial charge in [-0.3, -0.25) is 4.79 Å². The third-order valence-corrected chi connectivity index (χ3v) is 3.12. The van der Waals surface area contributed by atoms with Crippen LogP contribution in [-0.2, 0) is 9.53 Å². The van der Waals surface area contributed by atoms with Crippen LogP contribution in [-0.4, -0.2) is 35.6 Å². The number of esters is 1. The van der Waals surface area contributed by atoms with E-state index in [-0.39, 0.29) is 17.6 Å². The molecule has 1 aliphatic heterocycles. The van der Waals surface area contributed by atoms with Gasteiger partial charge in [0, 0.05) is 12.6 Å². The molecule has 18 heavy (non-hydrogen) atoms. The summed E-state index contributed by atoms with van der Waals surface area (Å²) in [5.74, 6) is 0.826. The third kappa shape index (κ3) is 2.52. The van der Waals surface area contributed by atoms with Gasteiger partial charge in [-0.05, 0) is 26.2 Å². The summed E-state index contributed by atoms with van der Waals surface area (Å²) < 4.78 is 4.81. The summed E-state index contributed by atoms with van der Waals surface area (Å²) in [6.45, 7) is 2.44. The number of ether oxygens (including phenoxy) is 1. The Labute approximate surface area is 105 Å². The zero-order valence-electron chi connectivity index (χ0n) is 10.6. The number of carbonyl (C=O) groups excluding carboxylic acids is 1. The van der Waals surface area contributed by atoms with Crippen LogP contribution < -0.4 is 10.5 Å². The Hall–Kier alpha value is -1.85. The van der Waals surface area contributed by atoms with Crippen molar-refractivity contribution in [1.29, 1.82) is 0 Å². The van der Waals surface area contributed by atoms with Crippen molar-refractivity contribution in [3.63, 3.8) is 0 Å². The van der Waals surface area contributed by atoms with Gasteiger partial charge in [0.2, 0.25) is 0 Å². The van der Waals surface area contributed by atoms with Gasteiger partial charge in [-0.25, -0.2) is 9.78 Å². The summed E-state index contributed by atoms with van der Waals surface area (Å²) in [5.41, 5.74) is -0.202. The second kappa shape index (κ2) is 5.20. The van der Waals surface area contributed by atoms with Crippen molar-refractivity contribution in [1.82, 2.24) is 9.97 Å². The highest BCUT2D eigenvalue weighted by atomic mass is 16.5. The van der Waals surface area contributed by atoms with Gasteiger partial charge in [0.25, 0.3) is 5.56 Å². The molecule has 0 aromatic carbocycles. The van der Waals surface area contributed by atoms with E-state index < -0.39 is 0 Å². The van der Waals surface area contributed by atoms with Crippen LogP contribution in [0.4, 0.5) is 5.82 Å². The van der Waals surface area contributed by atoms with Gasteiger partial charge in [-0.15, -0.1) is 0 Å². The Balaban J connectivity index is 2.33. The van der Waals surface area contributed by atoms with Crippen molar-refractivity contribution in [3.8, 4) is 0 Å². The first kappa shape index (κ1) is 12.6. The van der Waals surface area contributed by atoms with E-state index in [0.717, 1.165) is 25.8 Å². The van der Waals surface area contributed by atoms with Crippen LogP contribution in [0, 0.1) is 6.92 Å². The molecule has 0 aliphatic carbocycles. The number of piperidine rings is 1. The van der Waals surface area contributed by atoms with E-state index in [4.69, 9.17) is 4.74 Å². The number of nitrogens with one attached hydrogen (secondary N) is 1. The molecule has 1 aromatic heterocycles. The van der Waals surface area contributed by atoms with Gasteiger partial charge in [-0.1, -0.05) is 0 Å². The highest BCUT2D eigenvalue weighted by Gasteiger charge is 2.30. The minimum atomic E-state index is -0.336. The Bertz CT molecular complexity index is 498. The summed E-state index contributed by atoms with van der Waals surface area (Å²) in [6, 6.07) is 1.09. The molecule has 0 radical (unpaired) electrons. The Morgan fingerprint density at radius 3 is 3.00 bits per heavy atom. The van der Waals surface area contributed by atoms with E-state index in [1.54, 1.807) is 6.92 Å². The third-order valence-electron chi connectivity index (χ3n) is 3.12. The summed E-state index contributed by atoms with van der Waals surface area (Å²) in [5, 5.41) is 0. The van der Waals surface area contributed by atoms with Crippen molar-refractivity contribution in [2.75, 3.05) is 18.6 Å². The molecule has 1 aromatic rings. The second-order valence-corrected chi connectivity index (χ2v) is 4.42. The molecule has 1 saturated heterocycles. The first-order valence-electron chi connectivity index (χ1n) is 6.04. The Kier molecular flexibility index (Phi) is 3.64. The number of methoxy groups -OCH3 is 1. The zero-order chi connectivity index (χ0) is 13.1. The van der Waals surface area contributed by atoms with Gasteiger partial charge in [-0.2, -0.15) is 0 Å². The highest BCUT2D eigenvalue weighted by Crippen LogP contribution is 2.22. The number of hydrogen-bond donors (Lipinski definition) is 1. The number of anilines is 1. The van der Waals surface area contributed by atoms with Crippen LogP contribution in [0.25, 0.3) is 0 Å². The molecule has 1 fully saturated rings. The van der Waals surface area contributed by atoms with E-state index in [1.807, 2.05) is 4.90 Å². The van der Waals surface area contributed by atoms with E-state index in [9.17, 15) is 9.59 Å². The molecule has 0 amide bonds. The van der Waals surface area contributed by atoms with Crippen LogP contribution in [0.3, 0.4) is 0 Å². The zero-order valence-corrected chi connectivity index (χ0v) is 10.6. The molecule has 1 N–H and O–H groups in total. The maximum Gasteiger partial charge on any atom is 0.328 e. The summed E-state index contributed by atoms with van der Waals surface area (Å²) in [4.78, 5) is 31.9. The lowest BCUT2D eigenvalue weighted by molar-refractivity contribution is -0.142. The lowest BCUT2D eigenvalue weighted by Gasteiger charge is -2.34. The normalized spacial score (nSPS) is 19.7. The number of H-pyrrole nitrogens is 1. The first-order chi connectivity index (χ1) is 8.61. The van der Waals surface area contributed by atoms with Gasteiger partial charge in [0.1, 0.15) is 17.7 Å². The van der Waals surface area contributed by atoms with Crippen molar-refractivity contribution >= 4 is 11.8 Å². The van der Waals surface area contributed by atoms with Crippen LogP contribution >= 0.6 is 0 Å². The highest BCUT2D eigenvalue weighted by molar-refractivity contribution is 5.79. The Morgan fingerprint density at radius 2 is 2.33 bits per heavy atom. The van der Waals surface area contributed by atoms with Crippen molar-refractivity contribution in [2.24, 2.45) is 0 Å². The number of aromatic amines is 1. The van der Waals surface area contributed by atoms with Gasteiger partial charge >= 0.3 is 5.97 Å². The molecule has 2 heterocycles. The van der Waals surface area contributed by atoms with Crippen molar-refractivity contribution in [2.45, 2.75) is 32.2 Å². The number of carbonyl (C=O) groups is 1. The second-order valence-electron chi connectivity index (χ2n) is 4.42. The quantitative estimate of drug-likeness (QED) is 0.779. The fraction of sp³-hybridized carbons (Fsp3) is 0.583. The first-order valence-corrected chi connectivity index (χ1v) is 6.04. The fourth-order valence-corrected chi connectivity index (χ4v) is 2.30. The maximum atomic E-state index is 11.7.